The number of thiocarbonyl (C=S) groups is 1. The van der Waals surface area contributed by atoms with Crippen LogP contribution in [0.1, 0.15) is 50.3 Å². The Labute approximate surface area is 161 Å². The van der Waals surface area contributed by atoms with Crippen LogP contribution in [0.2, 0.25) is 0 Å². The van der Waals surface area contributed by atoms with Gasteiger partial charge < -0.3 is 10.6 Å². The Balaban J connectivity index is 2.03. The van der Waals surface area contributed by atoms with Crippen LogP contribution in [-0.4, -0.2) is 19.8 Å². The van der Waals surface area contributed by atoms with E-state index in [-0.39, 0.29) is 6.04 Å². The maximum Gasteiger partial charge on any atom is 0.175 e. The van der Waals surface area contributed by atoms with Crippen molar-refractivity contribution in [1.82, 2.24) is 5.32 Å². The van der Waals surface area contributed by atoms with Gasteiger partial charge in [0.05, 0.1) is 10.9 Å². The molecule has 0 amide bonds. The molecule has 140 valence electrons. The largest absolute Gasteiger partial charge is 0.356 e. The van der Waals surface area contributed by atoms with E-state index in [9.17, 15) is 8.42 Å². The molecule has 0 heterocycles. The van der Waals surface area contributed by atoms with Crippen LogP contribution >= 0.6 is 12.2 Å². The minimum atomic E-state index is -3.18. The van der Waals surface area contributed by atoms with Crippen molar-refractivity contribution < 1.29 is 8.42 Å². The third-order valence-electron chi connectivity index (χ3n) is 4.26. The zero-order valence-corrected chi connectivity index (χ0v) is 17.2. The lowest BCUT2D eigenvalue weighted by Crippen LogP contribution is -2.32. The fourth-order valence-electron chi connectivity index (χ4n) is 2.65. The Morgan fingerprint density at radius 3 is 2.00 bits per heavy atom. The van der Waals surface area contributed by atoms with Crippen molar-refractivity contribution in [3.8, 4) is 0 Å². The van der Waals surface area contributed by atoms with E-state index in [4.69, 9.17) is 12.2 Å². The Kier molecular flexibility index (Phi) is 6.78. The fraction of sp³-hybridized carbons (Fsp3) is 0.350. The Bertz CT molecular complexity index is 842. The summed E-state index contributed by atoms with van der Waals surface area (Å²) in [4.78, 5) is 0.321. The van der Waals surface area contributed by atoms with Gasteiger partial charge >= 0.3 is 0 Å². The highest BCUT2D eigenvalue weighted by Gasteiger charge is 2.13. The summed E-state index contributed by atoms with van der Waals surface area (Å²) in [5.41, 5.74) is 3.22. The van der Waals surface area contributed by atoms with Crippen molar-refractivity contribution in [3.05, 3.63) is 59.7 Å². The Morgan fingerprint density at radius 2 is 1.54 bits per heavy atom. The predicted octanol–water partition coefficient (Wildman–Crippen LogP) is 4.65. The molecule has 2 aromatic carbocycles. The van der Waals surface area contributed by atoms with Crippen molar-refractivity contribution in [2.24, 2.45) is 0 Å². The van der Waals surface area contributed by atoms with E-state index in [1.54, 1.807) is 12.1 Å². The summed E-state index contributed by atoms with van der Waals surface area (Å²) in [5.74, 6) is 0.494. The Morgan fingerprint density at radius 1 is 1.00 bits per heavy atom. The van der Waals surface area contributed by atoms with E-state index in [1.165, 1.54) is 11.8 Å². The lowest BCUT2D eigenvalue weighted by atomic mass is 10.0. The van der Waals surface area contributed by atoms with E-state index in [2.05, 4.69) is 43.5 Å². The minimum Gasteiger partial charge on any atom is -0.356 e. The van der Waals surface area contributed by atoms with Gasteiger partial charge in [-0.2, -0.15) is 0 Å². The van der Waals surface area contributed by atoms with Gasteiger partial charge in [-0.25, -0.2) is 8.42 Å². The molecule has 0 unspecified atom stereocenters. The van der Waals surface area contributed by atoms with Gasteiger partial charge in [-0.3, -0.25) is 0 Å². The molecule has 0 spiro atoms. The second kappa shape index (κ2) is 8.64. The second-order valence-corrected chi connectivity index (χ2v) is 9.10. The van der Waals surface area contributed by atoms with Gasteiger partial charge in [0.2, 0.25) is 0 Å². The van der Waals surface area contributed by atoms with Gasteiger partial charge in [-0.05, 0) is 59.9 Å². The van der Waals surface area contributed by atoms with Crippen LogP contribution < -0.4 is 10.6 Å². The maximum atomic E-state index is 11.6. The quantitative estimate of drug-likeness (QED) is 0.703. The van der Waals surface area contributed by atoms with Crippen LogP contribution in [0.4, 0.5) is 5.69 Å². The summed E-state index contributed by atoms with van der Waals surface area (Å²) in [6.07, 6.45) is 2.04. The highest BCUT2D eigenvalue weighted by molar-refractivity contribution is 7.90. The van der Waals surface area contributed by atoms with Gasteiger partial charge in [-0.15, -0.1) is 0 Å². The minimum absolute atomic E-state index is 0.0125. The van der Waals surface area contributed by atoms with Gasteiger partial charge in [0.15, 0.2) is 14.9 Å². The molecule has 0 radical (unpaired) electrons. The van der Waals surface area contributed by atoms with Crippen LogP contribution in [0.15, 0.2) is 53.4 Å². The Hall–Kier alpha value is -1.92. The summed E-state index contributed by atoms with van der Waals surface area (Å²) in [7, 11) is -3.18. The van der Waals surface area contributed by atoms with Crippen LogP contribution in [-0.2, 0) is 9.84 Å². The highest BCUT2D eigenvalue weighted by atomic mass is 32.2. The molecule has 0 saturated carbocycles. The van der Waals surface area contributed by atoms with Crippen molar-refractivity contribution in [2.45, 2.75) is 44.0 Å². The third kappa shape index (κ3) is 5.54. The van der Waals surface area contributed by atoms with Crippen LogP contribution in [0.5, 0.6) is 0 Å². The molecule has 2 N–H and O–H groups in total. The molecule has 4 nitrogen and oxygen atoms in total. The summed E-state index contributed by atoms with van der Waals surface area (Å²) < 4.78 is 23.2. The molecule has 0 aromatic heterocycles. The average Bonchev–Trinajstić information content (AvgIpc) is 2.59. The first-order valence-corrected chi connectivity index (χ1v) is 11.0. The first-order chi connectivity index (χ1) is 12.2. The fourth-order valence-corrected chi connectivity index (χ4v) is 3.54. The molecule has 0 bridgehead atoms. The zero-order chi connectivity index (χ0) is 19.3. The molecule has 6 heteroatoms. The molecular weight excluding hydrogens is 364 g/mol. The molecule has 0 fully saturated rings. The summed E-state index contributed by atoms with van der Waals surface area (Å²) >= 11 is 5.43. The average molecular weight is 391 g/mol. The zero-order valence-electron chi connectivity index (χ0n) is 15.6. The number of anilines is 1. The topological polar surface area (TPSA) is 58.2 Å². The summed E-state index contributed by atoms with van der Waals surface area (Å²) in [6, 6.07) is 15.2. The number of nitrogens with one attached hydrogen (secondary N) is 2. The lowest BCUT2D eigenvalue weighted by Gasteiger charge is -2.20. The SMILES string of the molecule is CC[C@@H](NC(=S)Nc1ccc(C(C)C)cc1)c1ccc(S(C)(=O)=O)cc1. The van der Waals surface area contributed by atoms with Gasteiger partial charge in [0.1, 0.15) is 0 Å². The van der Waals surface area contributed by atoms with Crippen LogP contribution in [0.3, 0.4) is 0 Å². The van der Waals surface area contributed by atoms with E-state index < -0.39 is 9.84 Å². The van der Waals surface area contributed by atoms with Gasteiger partial charge in [0, 0.05) is 11.9 Å². The second-order valence-electron chi connectivity index (χ2n) is 6.68. The molecule has 26 heavy (non-hydrogen) atoms. The number of sulfone groups is 1. The van der Waals surface area contributed by atoms with E-state index in [0.717, 1.165) is 17.7 Å². The molecule has 0 aliphatic rings. The first-order valence-electron chi connectivity index (χ1n) is 8.68. The molecular formula is C20H26N2O2S2. The molecule has 2 rings (SSSR count). The highest BCUT2D eigenvalue weighted by Crippen LogP contribution is 2.20. The van der Waals surface area contributed by atoms with Crippen molar-refractivity contribution in [1.29, 1.82) is 0 Å². The normalized spacial score (nSPS) is 12.7. The van der Waals surface area contributed by atoms with E-state index in [1.807, 2.05) is 24.3 Å². The number of hydrogen-bond donors (Lipinski definition) is 2. The summed E-state index contributed by atoms with van der Waals surface area (Å²) in [5, 5.41) is 7.04. The third-order valence-corrected chi connectivity index (χ3v) is 5.61. The number of hydrogen-bond acceptors (Lipinski definition) is 3. The molecule has 1 atom stereocenters. The van der Waals surface area contributed by atoms with Crippen molar-refractivity contribution in [2.75, 3.05) is 11.6 Å². The number of rotatable bonds is 6. The molecule has 0 aliphatic carbocycles. The first kappa shape index (κ1) is 20.4. The van der Waals surface area contributed by atoms with E-state index in [0.29, 0.717) is 15.9 Å². The lowest BCUT2D eigenvalue weighted by molar-refractivity contribution is 0.601. The van der Waals surface area contributed by atoms with Crippen LogP contribution in [0, 0.1) is 0 Å². The van der Waals surface area contributed by atoms with Crippen molar-refractivity contribution >= 4 is 32.9 Å². The predicted molar refractivity (Wildman–Crippen MR) is 112 cm³/mol. The smallest absolute Gasteiger partial charge is 0.175 e. The van der Waals surface area contributed by atoms with Crippen LogP contribution in [0.25, 0.3) is 0 Å². The van der Waals surface area contributed by atoms with E-state index >= 15 is 0 Å². The standard InChI is InChI=1S/C20H26N2O2S2/c1-5-19(16-8-12-18(13-9-16)26(4,23)24)22-20(25)21-17-10-6-15(7-11-17)14(2)3/h6-14,19H,5H2,1-4H3,(H2,21,22,25)/t19-/m1/s1. The van der Waals surface area contributed by atoms with Gasteiger partial charge in [-0.1, -0.05) is 45.0 Å². The molecule has 2 aromatic rings. The molecule has 0 aliphatic heterocycles. The van der Waals surface area contributed by atoms with Gasteiger partial charge in [0.25, 0.3) is 0 Å². The number of benzene rings is 2. The van der Waals surface area contributed by atoms with Crippen molar-refractivity contribution in [3.63, 3.8) is 0 Å². The summed E-state index contributed by atoms with van der Waals surface area (Å²) in [6.45, 7) is 6.38. The molecule has 0 saturated heterocycles. The maximum absolute atomic E-state index is 11.6. The monoisotopic (exact) mass is 390 g/mol.